The third-order valence-corrected chi connectivity index (χ3v) is 10.2. The van der Waals surface area contributed by atoms with Crippen molar-refractivity contribution in [1.29, 1.82) is 0 Å². The Labute approximate surface area is 283 Å². The van der Waals surface area contributed by atoms with Crippen LogP contribution in [0.15, 0.2) is 107 Å². The average molecular weight is 631 g/mol. The van der Waals surface area contributed by atoms with Crippen LogP contribution >= 0.6 is 0 Å². The molecule has 2 fully saturated rings. The van der Waals surface area contributed by atoms with Gasteiger partial charge in [0.05, 0.1) is 0 Å². The molecular formula is C44H42N2O2. The molecule has 5 heterocycles. The van der Waals surface area contributed by atoms with Gasteiger partial charge in [-0.1, -0.05) is 74.9 Å². The summed E-state index contributed by atoms with van der Waals surface area (Å²) in [5.74, 6) is 0.942. The molecule has 0 atom stereocenters. The minimum Gasteiger partial charge on any atom is -0.308 e. The summed E-state index contributed by atoms with van der Waals surface area (Å²) in [6.45, 7) is 1.36. The van der Waals surface area contributed by atoms with E-state index >= 15 is 0 Å². The maximum absolute atomic E-state index is 14.2. The fourth-order valence-corrected chi connectivity index (χ4v) is 7.36. The van der Waals surface area contributed by atoms with E-state index < -0.39 is 0 Å². The third-order valence-electron chi connectivity index (χ3n) is 10.2. The molecule has 0 N–H and O–H groups in total. The van der Waals surface area contributed by atoms with E-state index in [1.54, 1.807) is 0 Å². The number of fused-ring (bicyclic) bond motifs is 1. The summed E-state index contributed by atoms with van der Waals surface area (Å²) in [4.78, 5) is 28.4. The Morgan fingerprint density at radius 3 is 1.21 bits per heavy atom. The molecule has 2 aliphatic carbocycles. The first-order chi connectivity index (χ1) is 23.6. The van der Waals surface area contributed by atoms with E-state index in [1.165, 1.54) is 38.5 Å². The molecule has 0 aliphatic heterocycles. The highest BCUT2D eigenvalue weighted by molar-refractivity contribution is 5.79. The van der Waals surface area contributed by atoms with Gasteiger partial charge in [-0.05, 0) is 122 Å². The van der Waals surface area contributed by atoms with Crippen LogP contribution in [0.25, 0.3) is 43.4 Å². The van der Waals surface area contributed by atoms with Crippen molar-refractivity contribution in [2.45, 2.75) is 77.3 Å². The zero-order chi connectivity index (χ0) is 32.7. The smallest absolute Gasteiger partial charge is 0.258 e. The van der Waals surface area contributed by atoms with Crippen molar-refractivity contribution in [1.82, 2.24) is 9.13 Å². The summed E-state index contributed by atoms with van der Waals surface area (Å²) in [6.07, 6.45) is 11.9. The molecule has 2 saturated carbocycles. The number of hydrogen-bond acceptors (Lipinski definition) is 2. The fourth-order valence-electron chi connectivity index (χ4n) is 7.36. The van der Waals surface area contributed by atoms with Gasteiger partial charge in [-0.3, -0.25) is 9.59 Å². The van der Waals surface area contributed by atoms with E-state index in [2.05, 4.69) is 24.3 Å². The predicted octanol–water partition coefficient (Wildman–Crippen LogP) is 9.80. The molecule has 4 aromatic carbocycles. The fraction of sp³-hybridized carbons (Fsp3) is 0.318. The van der Waals surface area contributed by atoms with Gasteiger partial charge >= 0.3 is 0 Å². The molecule has 48 heavy (non-hydrogen) atoms. The minimum absolute atomic E-state index is 0.0392. The van der Waals surface area contributed by atoms with Crippen molar-refractivity contribution in [2.24, 2.45) is 11.8 Å². The van der Waals surface area contributed by atoms with Crippen LogP contribution in [0.3, 0.4) is 0 Å². The van der Waals surface area contributed by atoms with Gasteiger partial charge < -0.3 is 9.13 Å². The van der Waals surface area contributed by atoms with Crippen molar-refractivity contribution in [2.75, 3.05) is 0 Å². The third kappa shape index (κ3) is 7.40. The summed E-state index contributed by atoms with van der Waals surface area (Å²) in [6, 6.07) is 44.5. The maximum atomic E-state index is 14.2. The van der Waals surface area contributed by atoms with Crippen molar-refractivity contribution < 1.29 is 0 Å². The van der Waals surface area contributed by atoms with Crippen LogP contribution in [0.5, 0.6) is 0 Å². The average Bonchev–Trinajstić information content (AvgIpc) is 3.15. The summed E-state index contributed by atoms with van der Waals surface area (Å²) in [5, 5.41) is 4.68. The summed E-state index contributed by atoms with van der Waals surface area (Å²) >= 11 is 0. The SMILES string of the molecule is O=c1c2ccc(cc2)c(=O)n(CC2CCCCC2)c2ccc(c#cc3ccccc3c#cc3ccc(cc3)n1CC1CCCCC1)cc2. The second kappa shape index (κ2) is 14.8. The Morgan fingerprint density at radius 2 is 0.833 bits per heavy atom. The first-order valence-electron chi connectivity index (χ1n) is 17.7. The Bertz CT molecular complexity index is 2000. The number of aromatic nitrogens is 2. The van der Waals surface area contributed by atoms with Crippen molar-refractivity contribution in [3.63, 3.8) is 0 Å². The minimum atomic E-state index is -0.0392. The van der Waals surface area contributed by atoms with Crippen LogP contribution in [-0.4, -0.2) is 9.13 Å². The van der Waals surface area contributed by atoms with Gasteiger partial charge in [0.25, 0.3) is 11.1 Å². The highest BCUT2D eigenvalue weighted by Gasteiger charge is 2.16. The summed E-state index contributed by atoms with van der Waals surface area (Å²) in [7, 11) is 0. The number of benzene rings is 4. The predicted molar refractivity (Wildman–Crippen MR) is 198 cm³/mol. The molecule has 4 nitrogen and oxygen atoms in total. The zero-order valence-electron chi connectivity index (χ0n) is 27.6. The highest BCUT2D eigenvalue weighted by atomic mass is 16.1. The lowest BCUT2D eigenvalue weighted by molar-refractivity contribution is 0.320. The van der Waals surface area contributed by atoms with Crippen LogP contribution in [0.2, 0.25) is 0 Å². The molecule has 0 radical (unpaired) electrons. The lowest BCUT2D eigenvalue weighted by atomic mass is 9.89. The van der Waals surface area contributed by atoms with E-state index in [-0.39, 0.29) is 11.1 Å². The largest absolute Gasteiger partial charge is 0.308 e. The van der Waals surface area contributed by atoms with Crippen molar-refractivity contribution in [3.05, 3.63) is 142 Å². The first kappa shape index (κ1) is 31.5. The molecule has 4 heteroatoms. The second-order valence-corrected chi connectivity index (χ2v) is 13.6. The lowest BCUT2D eigenvalue weighted by Gasteiger charge is -2.22. The summed E-state index contributed by atoms with van der Waals surface area (Å²) < 4.78 is 3.86. The Balaban J connectivity index is 1.47. The molecule has 0 saturated heterocycles. The molecule has 0 unspecified atom stereocenters. The molecule has 11 rings (SSSR count). The first-order valence-corrected chi connectivity index (χ1v) is 17.7. The molecule has 0 amide bonds. The standard InChI is InChI=1S/C44H42N2O2/c47-43-39-23-25-40(26-24-39)44(48)46(32-36-11-5-2-6-12-36)42-29-19-34(20-30-42)16-22-38-14-8-7-13-37(38)21-15-33-17-27-41(28-18-33)45(43)31-35-9-3-1-4-10-35/h7-8,13-14,17-20,23-30,35-36H,1-6,9-12,31-32H2. The van der Waals surface area contributed by atoms with Crippen molar-refractivity contribution >= 4 is 43.4 Å². The van der Waals surface area contributed by atoms with Crippen LogP contribution < -0.4 is 11.1 Å². The molecule has 240 valence electrons. The topological polar surface area (TPSA) is 44.0 Å². The molecule has 5 aromatic heterocycles. The maximum Gasteiger partial charge on any atom is 0.258 e. The van der Waals surface area contributed by atoms with Crippen LogP contribution in [-0.2, 0) is 13.1 Å². The van der Waals surface area contributed by atoms with Gasteiger partial charge in [-0.2, -0.15) is 0 Å². The van der Waals surface area contributed by atoms with Gasteiger partial charge in [0.1, 0.15) is 0 Å². The highest BCUT2D eigenvalue weighted by Crippen LogP contribution is 2.26. The van der Waals surface area contributed by atoms with Gasteiger partial charge in [0.15, 0.2) is 0 Å². The van der Waals surface area contributed by atoms with Gasteiger partial charge in [-0.25, -0.2) is 0 Å². The van der Waals surface area contributed by atoms with Crippen LogP contribution in [0, 0.1) is 36.1 Å². The van der Waals surface area contributed by atoms with E-state index in [1.807, 2.05) is 106 Å². The molecule has 2 aliphatic rings. The molecule has 9 aromatic rings. The molecule has 6 bridgehead atoms. The van der Waals surface area contributed by atoms with E-state index in [4.69, 9.17) is 0 Å². The Morgan fingerprint density at radius 1 is 0.458 bits per heavy atom. The zero-order valence-corrected chi connectivity index (χ0v) is 27.6. The van der Waals surface area contributed by atoms with Crippen LogP contribution in [0.1, 0.15) is 64.2 Å². The van der Waals surface area contributed by atoms with E-state index in [0.717, 1.165) is 58.3 Å². The van der Waals surface area contributed by atoms with Gasteiger partial charge in [-0.15, -0.1) is 0 Å². The number of nitrogens with zero attached hydrogens (tertiary/aromatic N) is 2. The van der Waals surface area contributed by atoms with Crippen LogP contribution in [0.4, 0.5) is 0 Å². The number of rotatable bonds is 4. The summed E-state index contributed by atoms with van der Waals surface area (Å²) in [5.41, 5.74) is 1.66. The molecular weight excluding hydrogens is 588 g/mol. The molecule has 0 spiro atoms. The quantitative estimate of drug-likeness (QED) is 0.198. The lowest BCUT2D eigenvalue weighted by Crippen LogP contribution is -2.25. The van der Waals surface area contributed by atoms with Gasteiger partial charge in [0, 0.05) is 56.4 Å². The number of hydrogen-bond donors (Lipinski definition) is 0. The monoisotopic (exact) mass is 630 g/mol. The second-order valence-electron chi connectivity index (χ2n) is 13.6. The Kier molecular flexibility index (Phi) is 9.72. The Hall–Kier alpha value is -5.06. The van der Waals surface area contributed by atoms with Gasteiger partial charge in [0.2, 0.25) is 0 Å². The van der Waals surface area contributed by atoms with E-state index in [9.17, 15) is 9.59 Å². The normalized spacial score (nSPS) is 15.3. The van der Waals surface area contributed by atoms with Crippen molar-refractivity contribution in [3.8, 4) is 0 Å². The van der Waals surface area contributed by atoms with E-state index in [0.29, 0.717) is 35.7 Å².